The van der Waals surface area contributed by atoms with Crippen molar-refractivity contribution in [2.24, 2.45) is 0 Å². The molecular formula is C25H19Cl2NO4S. The van der Waals surface area contributed by atoms with Crippen LogP contribution < -0.4 is 9.47 Å². The molecule has 5 nitrogen and oxygen atoms in total. The van der Waals surface area contributed by atoms with Crippen molar-refractivity contribution in [3.8, 4) is 11.5 Å². The summed E-state index contributed by atoms with van der Waals surface area (Å²) in [5.74, 6) is 0.612. The van der Waals surface area contributed by atoms with Crippen molar-refractivity contribution >= 4 is 52.2 Å². The summed E-state index contributed by atoms with van der Waals surface area (Å²) in [6, 6.07) is 19.8. The lowest BCUT2D eigenvalue weighted by Gasteiger charge is -2.14. The summed E-state index contributed by atoms with van der Waals surface area (Å²) in [6.45, 7) is 0.395. The fraction of sp³-hybridized carbons (Fsp3) is 0.120. The third kappa shape index (κ3) is 5.36. The van der Waals surface area contributed by atoms with Crippen LogP contribution in [0.4, 0.5) is 4.79 Å². The molecule has 0 atom stereocenters. The lowest BCUT2D eigenvalue weighted by molar-refractivity contribution is -0.123. The van der Waals surface area contributed by atoms with Gasteiger partial charge in [-0.2, -0.15) is 0 Å². The zero-order chi connectivity index (χ0) is 23.4. The van der Waals surface area contributed by atoms with Crippen molar-refractivity contribution in [1.82, 2.24) is 4.90 Å². The van der Waals surface area contributed by atoms with E-state index >= 15 is 0 Å². The molecule has 0 spiro atoms. The minimum absolute atomic E-state index is 0.174. The number of imide groups is 1. The summed E-state index contributed by atoms with van der Waals surface area (Å²) in [7, 11) is 1.54. The van der Waals surface area contributed by atoms with Crippen molar-refractivity contribution in [3.63, 3.8) is 0 Å². The minimum atomic E-state index is -0.361. The first-order valence-corrected chi connectivity index (χ1v) is 11.6. The Morgan fingerprint density at radius 3 is 2.45 bits per heavy atom. The van der Waals surface area contributed by atoms with Gasteiger partial charge in [-0.05, 0) is 47.7 Å². The molecule has 1 heterocycles. The number of methoxy groups -OCH3 is 1. The van der Waals surface area contributed by atoms with Crippen LogP contribution in [0.2, 0.25) is 10.0 Å². The Kier molecular flexibility index (Phi) is 7.28. The molecule has 4 rings (SSSR count). The molecule has 168 valence electrons. The average molecular weight is 500 g/mol. The zero-order valence-corrected chi connectivity index (χ0v) is 19.9. The van der Waals surface area contributed by atoms with Crippen molar-refractivity contribution < 1.29 is 19.1 Å². The molecule has 1 aliphatic heterocycles. The Balaban J connectivity index is 1.59. The second-order valence-corrected chi connectivity index (χ2v) is 8.99. The second-order valence-electron chi connectivity index (χ2n) is 7.15. The van der Waals surface area contributed by atoms with E-state index in [2.05, 4.69) is 0 Å². The van der Waals surface area contributed by atoms with E-state index in [4.69, 9.17) is 32.7 Å². The highest BCUT2D eigenvalue weighted by molar-refractivity contribution is 8.18. The Hall–Kier alpha value is -2.93. The molecule has 0 unspecified atom stereocenters. The predicted octanol–water partition coefficient (Wildman–Crippen LogP) is 6.82. The Morgan fingerprint density at radius 1 is 0.970 bits per heavy atom. The van der Waals surface area contributed by atoms with Crippen LogP contribution in [0.5, 0.6) is 11.5 Å². The SMILES string of the molecule is COc1cccc(/C=C2\SC(=O)N(Cc3ccc(Cl)cc3)C2=O)c1OCc1ccccc1Cl. The van der Waals surface area contributed by atoms with Gasteiger partial charge in [-0.15, -0.1) is 0 Å². The third-order valence-corrected chi connectivity index (χ3v) is 6.50. The molecule has 8 heteroatoms. The van der Waals surface area contributed by atoms with E-state index in [1.165, 1.54) is 4.90 Å². The Morgan fingerprint density at radius 2 is 1.73 bits per heavy atom. The van der Waals surface area contributed by atoms with Crippen LogP contribution in [0, 0.1) is 0 Å². The van der Waals surface area contributed by atoms with Gasteiger partial charge in [0.15, 0.2) is 11.5 Å². The molecule has 0 saturated carbocycles. The molecule has 1 fully saturated rings. The van der Waals surface area contributed by atoms with Gasteiger partial charge in [0.2, 0.25) is 0 Å². The second kappa shape index (κ2) is 10.3. The molecule has 2 amide bonds. The number of nitrogens with zero attached hydrogens (tertiary/aromatic N) is 1. The Labute approximate surface area is 205 Å². The van der Waals surface area contributed by atoms with Gasteiger partial charge in [-0.3, -0.25) is 14.5 Å². The van der Waals surface area contributed by atoms with E-state index in [9.17, 15) is 9.59 Å². The molecule has 1 aliphatic rings. The average Bonchev–Trinajstić information content (AvgIpc) is 3.07. The number of para-hydroxylation sites is 1. The number of carbonyl (C=O) groups is 2. The van der Waals surface area contributed by atoms with Crippen molar-refractivity contribution in [1.29, 1.82) is 0 Å². The van der Waals surface area contributed by atoms with Crippen molar-refractivity contribution in [3.05, 3.63) is 98.4 Å². The highest BCUT2D eigenvalue weighted by atomic mass is 35.5. The van der Waals surface area contributed by atoms with Gasteiger partial charge in [0.05, 0.1) is 18.6 Å². The van der Waals surface area contributed by atoms with Gasteiger partial charge >= 0.3 is 0 Å². The normalized spacial score (nSPS) is 14.8. The monoisotopic (exact) mass is 499 g/mol. The number of carbonyl (C=O) groups excluding carboxylic acids is 2. The van der Waals surface area contributed by atoms with Gasteiger partial charge < -0.3 is 9.47 Å². The quantitative estimate of drug-likeness (QED) is 0.334. The van der Waals surface area contributed by atoms with E-state index < -0.39 is 0 Å². The molecule has 3 aromatic carbocycles. The summed E-state index contributed by atoms with van der Waals surface area (Å²) < 4.78 is 11.5. The van der Waals surface area contributed by atoms with Crippen LogP contribution in [-0.2, 0) is 17.9 Å². The largest absolute Gasteiger partial charge is 0.493 e. The van der Waals surface area contributed by atoms with Gasteiger partial charge in [-0.25, -0.2) is 0 Å². The molecule has 0 bridgehead atoms. The van der Waals surface area contributed by atoms with E-state index in [0.29, 0.717) is 32.0 Å². The zero-order valence-electron chi connectivity index (χ0n) is 17.6. The summed E-state index contributed by atoms with van der Waals surface area (Å²) >= 11 is 13.1. The van der Waals surface area contributed by atoms with Crippen LogP contribution in [0.1, 0.15) is 16.7 Å². The van der Waals surface area contributed by atoms with Crippen molar-refractivity contribution in [2.75, 3.05) is 7.11 Å². The molecule has 0 radical (unpaired) electrons. The number of hydrogen-bond donors (Lipinski definition) is 0. The topological polar surface area (TPSA) is 55.8 Å². The maximum absolute atomic E-state index is 13.0. The fourth-order valence-electron chi connectivity index (χ4n) is 3.28. The minimum Gasteiger partial charge on any atom is -0.493 e. The summed E-state index contributed by atoms with van der Waals surface area (Å²) in [5.41, 5.74) is 2.26. The molecule has 33 heavy (non-hydrogen) atoms. The maximum Gasteiger partial charge on any atom is 0.293 e. The first kappa shape index (κ1) is 23.2. The lowest BCUT2D eigenvalue weighted by Crippen LogP contribution is -2.27. The number of hydrogen-bond acceptors (Lipinski definition) is 5. The van der Waals surface area contributed by atoms with Gasteiger partial charge in [0.25, 0.3) is 11.1 Å². The number of rotatable bonds is 7. The third-order valence-electron chi connectivity index (χ3n) is 4.97. The van der Waals surface area contributed by atoms with Crippen LogP contribution in [0.25, 0.3) is 6.08 Å². The summed E-state index contributed by atoms with van der Waals surface area (Å²) in [4.78, 5) is 27.0. The molecule has 1 saturated heterocycles. The molecule has 3 aromatic rings. The first-order chi connectivity index (χ1) is 16.0. The standard InChI is InChI=1S/C25H19Cl2NO4S/c1-31-21-8-4-6-17(23(21)32-15-18-5-2-3-7-20(18)27)13-22-24(29)28(25(30)33-22)14-16-9-11-19(26)12-10-16/h2-13H,14-15H2,1H3/b22-13-. The molecular weight excluding hydrogens is 481 g/mol. The summed E-state index contributed by atoms with van der Waals surface area (Å²) in [5, 5.41) is 0.857. The van der Waals surface area contributed by atoms with E-state index in [1.54, 1.807) is 61.7 Å². The maximum atomic E-state index is 13.0. The van der Waals surface area contributed by atoms with Crippen LogP contribution in [0.15, 0.2) is 71.6 Å². The van der Waals surface area contributed by atoms with Gasteiger partial charge in [0, 0.05) is 21.2 Å². The Bertz CT molecular complexity index is 1230. The smallest absolute Gasteiger partial charge is 0.293 e. The van der Waals surface area contributed by atoms with Gasteiger partial charge in [0.1, 0.15) is 6.61 Å². The number of benzene rings is 3. The van der Waals surface area contributed by atoms with Crippen LogP contribution in [-0.4, -0.2) is 23.2 Å². The van der Waals surface area contributed by atoms with Crippen molar-refractivity contribution in [2.45, 2.75) is 13.2 Å². The predicted molar refractivity (Wildman–Crippen MR) is 132 cm³/mol. The number of halogens is 2. The molecule has 0 aliphatic carbocycles. The number of amides is 2. The first-order valence-electron chi connectivity index (χ1n) is 9.99. The number of ether oxygens (including phenoxy) is 2. The van der Waals surface area contributed by atoms with Crippen LogP contribution in [0.3, 0.4) is 0 Å². The molecule has 0 N–H and O–H groups in total. The fourth-order valence-corrected chi connectivity index (χ4v) is 4.42. The lowest BCUT2D eigenvalue weighted by atomic mass is 10.1. The summed E-state index contributed by atoms with van der Waals surface area (Å²) in [6.07, 6.45) is 1.65. The highest BCUT2D eigenvalue weighted by Gasteiger charge is 2.35. The molecule has 0 aromatic heterocycles. The van der Waals surface area contributed by atoms with Crippen LogP contribution >= 0.6 is 35.0 Å². The van der Waals surface area contributed by atoms with E-state index in [-0.39, 0.29) is 24.3 Å². The number of thioether (sulfide) groups is 1. The van der Waals surface area contributed by atoms with E-state index in [1.807, 2.05) is 18.2 Å². The van der Waals surface area contributed by atoms with E-state index in [0.717, 1.165) is 22.9 Å². The van der Waals surface area contributed by atoms with Gasteiger partial charge in [-0.1, -0.05) is 65.7 Å². The highest BCUT2D eigenvalue weighted by Crippen LogP contribution is 2.38.